The van der Waals surface area contributed by atoms with Gasteiger partial charge in [0.1, 0.15) is 0 Å². The van der Waals surface area contributed by atoms with Gasteiger partial charge in [-0.05, 0) is 12.3 Å². The third kappa shape index (κ3) is 2.98. The fourth-order valence-corrected chi connectivity index (χ4v) is 1.95. The molecule has 2 atom stereocenters. The van der Waals surface area contributed by atoms with Gasteiger partial charge in [-0.15, -0.1) is 0 Å². The Hall–Kier alpha value is -0.570. The fourth-order valence-electron chi connectivity index (χ4n) is 1.95. The highest BCUT2D eigenvalue weighted by Crippen LogP contribution is 2.21. The van der Waals surface area contributed by atoms with Crippen molar-refractivity contribution in [1.29, 1.82) is 0 Å². The zero-order valence-corrected chi connectivity index (χ0v) is 9.38. The van der Waals surface area contributed by atoms with Crippen LogP contribution in [0.25, 0.3) is 0 Å². The van der Waals surface area contributed by atoms with E-state index in [4.69, 9.17) is 4.74 Å². The molecule has 0 spiro atoms. The molecule has 0 unspecified atom stereocenters. The molecule has 1 fully saturated rings. The van der Waals surface area contributed by atoms with E-state index in [1.807, 2.05) is 6.92 Å². The quantitative estimate of drug-likeness (QED) is 0.746. The van der Waals surface area contributed by atoms with Gasteiger partial charge < -0.3 is 10.1 Å². The predicted octanol–water partition coefficient (Wildman–Crippen LogP) is 1.57. The smallest absolute Gasteiger partial charge is 0.219 e. The summed E-state index contributed by atoms with van der Waals surface area (Å²) in [5, 5.41) is 3.09. The molecule has 82 valence electrons. The fraction of sp³-hybridized carbons (Fsp3) is 0.909. The Kier molecular flexibility index (Phi) is 4.39. The van der Waals surface area contributed by atoms with Crippen LogP contribution in [-0.2, 0) is 9.53 Å². The van der Waals surface area contributed by atoms with Gasteiger partial charge in [-0.1, -0.05) is 20.8 Å². The Labute approximate surface area is 86.2 Å². The maximum atomic E-state index is 11.3. The SMILES string of the molecule is CCC(=O)N[C@H](C(C)C)[C@H]1CCOC1. The van der Waals surface area contributed by atoms with E-state index in [-0.39, 0.29) is 11.9 Å². The lowest BCUT2D eigenvalue weighted by molar-refractivity contribution is -0.122. The minimum Gasteiger partial charge on any atom is -0.381 e. The maximum absolute atomic E-state index is 11.3. The van der Waals surface area contributed by atoms with Crippen LogP contribution in [0.3, 0.4) is 0 Å². The van der Waals surface area contributed by atoms with Gasteiger partial charge in [0, 0.05) is 25.0 Å². The Morgan fingerprint density at radius 2 is 2.29 bits per heavy atom. The zero-order valence-electron chi connectivity index (χ0n) is 9.38. The van der Waals surface area contributed by atoms with Crippen molar-refractivity contribution in [3.8, 4) is 0 Å². The molecule has 0 aromatic heterocycles. The van der Waals surface area contributed by atoms with Gasteiger partial charge in [0.25, 0.3) is 0 Å². The van der Waals surface area contributed by atoms with Crippen molar-refractivity contribution in [2.75, 3.05) is 13.2 Å². The van der Waals surface area contributed by atoms with Crippen LogP contribution in [0.2, 0.25) is 0 Å². The molecule has 1 aliphatic heterocycles. The largest absolute Gasteiger partial charge is 0.381 e. The third-order valence-corrected chi connectivity index (χ3v) is 2.84. The number of hydrogen-bond donors (Lipinski definition) is 1. The third-order valence-electron chi connectivity index (χ3n) is 2.84. The number of amides is 1. The lowest BCUT2D eigenvalue weighted by Gasteiger charge is -2.27. The number of carbonyl (C=O) groups is 1. The topological polar surface area (TPSA) is 38.3 Å². The van der Waals surface area contributed by atoms with Gasteiger partial charge in [0.15, 0.2) is 0 Å². The minimum absolute atomic E-state index is 0.149. The van der Waals surface area contributed by atoms with Gasteiger partial charge in [0.05, 0.1) is 6.61 Å². The predicted molar refractivity (Wildman–Crippen MR) is 56.0 cm³/mol. The highest BCUT2D eigenvalue weighted by atomic mass is 16.5. The Morgan fingerprint density at radius 3 is 2.71 bits per heavy atom. The summed E-state index contributed by atoms with van der Waals surface area (Å²) in [5.41, 5.74) is 0. The normalized spacial score (nSPS) is 23.9. The Balaban J connectivity index is 2.49. The van der Waals surface area contributed by atoms with Crippen LogP contribution in [0.4, 0.5) is 0 Å². The minimum atomic E-state index is 0.149. The average Bonchev–Trinajstić information content (AvgIpc) is 2.65. The van der Waals surface area contributed by atoms with Crippen molar-refractivity contribution in [2.24, 2.45) is 11.8 Å². The van der Waals surface area contributed by atoms with Crippen LogP contribution in [0, 0.1) is 11.8 Å². The second-order valence-electron chi connectivity index (χ2n) is 4.31. The number of carbonyl (C=O) groups excluding carboxylic acids is 1. The van der Waals surface area contributed by atoms with Crippen molar-refractivity contribution in [1.82, 2.24) is 5.32 Å². The number of nitrogens with one attached hydrogen (secondary N) is 1. The van der Waals surface area contributed by atoms with Gasteiger partial charge in [-0.3, -0.25) is 4.79 Å². The van der Waals surface area contributed by atoms with E-state index in [0.717, 1.165) is 19.6 Å². The zero-order chi connectivity index (χ0) is 10.6. The molecule has 0 bridgehead atoms. The molecule has 1 amide bonds. The first kappa shape index (κ1) is 11.5. The molecule has 1 saturated heterocycles. The van der Waals surface area contributed by atoms with E-state index in [9.17, 15) is 4.79 Å². The standard InChI is InChI=1S/C11H21NO2/c1-4-10(13)12-11(8(2)3)9-5-6-14-7-9/h8-9,11H,4-7H2,1-3H3,(H,12,13)/t9-,11+/m0/s1. The molecule has 1 aliphatic rings. The summed E-state index contributed by atoms with van der Waals surface area (Å²) in [6.07, 6.45) is 1.64. The van der Waals surface area contributed by atoms with Crippen LogP contribution in [0.5, 0.6) is 0 Å². The summed E-state index contributed by atoms with van der Waals surface area (Å²) in [7, 11) is 0. The highest BCUT2D eigenvalue weighted by molar-refractivity contribution is 5.75. The summed E-state index contributed by atoms with van der Waals surface area (Å²) in [4.78, 5) is 11.3. The molecule has 0 aromatic rings. The molecule has 0 aliphatic carbocycles. The second-order valence-corrected chi connectivity index (χ2v) is 4.31. The first-order valence-corrected chi connectivity index (χ1v) is 5.52. The molecular weight excluding hydrogens is 178 g/mol. The van der Waals surface area contributed by atoms with Crippen molar-refractivity contribution >= 4 is 5.91 Å². The van der Waals surface area contributed by atoms with E-state index in [2.05, 4.69) is 19.2 Å². The van der Waals surface area contributed by atoms with E-state index < -0.39 is 0 Å². The summed E-state index contributed by atoms with van der Waals surface area (Å²) in [6.45, 7) is 7.83. The highest BCUT2D eigenvalue weighted by Gasteiger charge is 2.28. The van der Waals surface area contributed by atoms with E-state index in [1.165, 1.54) is 0 Å². The molecule has 3 heteroatoms. The summed E-state index contributed by atoms with van der Waals surface area (Å²) < 4.78 is 5.35. The van der Waals surface area contributed by atoms with Crippen molar-refractivity contribution in [3.63, 3.8) is 0 Å². The van der Waals surface area contributed by atoms with Crippen molar-refractivity contribution in [3.05, 3.63) is 0 Å². The first-order valence-electron chi connectivity index (χ1n) is 5.52. The van der Waals surface area contributed by atoms with E-state index in [1.54, 1.807) is 0 Å². The molecule has 0 radical (unpaired) electrons. The Morgan fingerprint density at radius 1 is 1.57 bits per heavy atom. The molecule has 1 heterocycles. The number of ether oxygens (including phenoxy) is 1. The van der Waals surface area contributed by atoms with E-state index >= 15 is 0 Å². The van der Waals surface area contributed by atoms with Crippen molar-refractivity contribution < 1.29 is 9.53 Å². The molecular formula is C11H21NO2. The van der Waals surface area contributed by atoms with Crippen LogP contribution < -0.4 is 5.32 Å². The van der Waals surface area contributed by atoms with Gasteiger partial charge >= 0.3 is 0 Å². The molecule has 1 N–H and O–H groups in total. The molecule has 3 nitrogen and oxygen atoms in total. The van der Waals surface area contributed by atoms with E-state index in [0.29, 0.717) is 18.3 Å². The van der Waals surface area contributed by atoms with Crippen LogP contribution in [0.15, 0.2) is 0 Å². The van der Waals surface area contributed by atoms with Gasteiger partial charge in [0.2, 0.25) is 5.91 Å². The number of rotatable bonds is 4. The monoisotopic (exact) mass is 199 g/mol. The van der Waals surface area contributed by atoms with Gasteiger partial charge in [-0.2, -0.15) is 0 Å². The van der Waals surface area contributed by atoms with Gasteiger partial charge in [-0.25, -0.2) is 0 Å². The molecule has 0 saturated carbocycles. The van der Waals surface area contributed by atoms with Crippen LogP contribution >= 0.6 is 0 Å². The molecule has 0 aromatic carbocycles. The summed E-state index contributed by atoms with van der Waals surface area (Å²) in [6, 6.07) is 0.282. The Bertz CT molecular complexity index is 186. The van der Waals surface area contributed by atoms with Crippen LogP contribution in [-0.4, -0.2) is 25.2 Å². The van der Waals surface area contributed by atoms with Crippen molar-refractivity contribution in [2.45, 2.75) is 39.7 Å². The van der Waals surface area contributed by atoms with Crippen LogP contribution in [0.1, 0.15) is 33.6 Å². The summed E-state index contributed by atoms with van der Waals surface area (Å²) in [5.74, 6) is 1.14. The molecule has 14 heavy (non-hydrogen) atoms. The number of hydrogen-bond acceptors (Lipinski definition) is 2. The summed E-state index contributed by atoms with van der Waals surface area (Å²) >= 11 is 0. The lowest BCUT2D eigenvalue weighted by Crippen LogP contribution is -2.43. The first-order chi connectivity index (χ1) is 6.65. The second kappa shape index (κ2) is 5.35. The molecule has 1 rings (SSSR count). The lowest BCUT2D eigenvalue weighted by atomic mass is 9.90. The maximum Gasteiger partial charge on any atom is 0.219 e. The average molecular weight is 199 g/mol.